The SMILES string of the molecule is Cc1c(C(F)F)nc2c(c1NC(=O)N=[S@@](N)(=O)c1cnc(C(C)(C)O)s1)CCC2. The van der Waals surface area contributed by atoms with Crippen LogP contribution in [0.2, 0.25) is 0 Å². The van der Waals surface area contributed by atoms with Crippen LogP contribution in [-0.2, 0) is 28.4 Å². The number of urea groups is 1. The molecule has 0 spiro atoms. The van der Waals surface area contributed by atoms with Gasteiger partial charge in [-0.25, -0.2) is 27.9 Å². The van der Waals surface area contributed by atoms with Crippen molar-refractivity contribution in [2.75, 3.05) is 5.32 Å². The Bertz CT molecular complexity index is 1090. The number of anilines is 1. The van der Waals surface area contributed by atoms with Crippen LogP contribution >= 0.6 is 11.3 Å². The highest BCUT2D eigenvalue weighted by molar-refractivity contribution is 7.93. The second-order valence-electron chi connectivity index (χ2n) is 7.21. The number of nitrogens with two attached hydrogens (primary N) is 1. The Hall–Kier alpha value is -2.02. The summed E-state index contributed by atoms with van der Waals surface area (Å²) in [7, 11) is -3.63. The monoisotopic (exact) mass is 445 g/mol. The fourth-order valence-electron chi connectivity index (χ4n) is 3.06. The van der Waals surface area contributed by atoms with E-state index < -0.39 is 33.7 Å². The number of fused-ring (bicyclic) bond motifs is 1. The number of nitrogens with zero attached hydrogens (tertiary/aromatic N) is 3. The second kappa shape index (κ2) is 7.67. The maximum absolute atomic E-state index is 13.3. The van der Waals surface area contributed by atoms with Gasteiger partial charge in [0.25, 0.3) is 6.43 Å². The number of aromatic nitrogens is 2. The summed E-state index contributed by atoms with van der Waals surface area (Å²) in [5.41, 5.74) is -0.0936. The molecule has 0 bridgehead atoms. The Balaban J connectivity index is 1.95. The largest absolute Gasteiger partial charge is 0.383 e. The predicted octanol–water partition coefficient (Wildman–Crippen LogP) is 3.43. The lowest BCUT2D eigenvalue weighted by atomic mass is 10.1. The minimum absolute atomic E-state index is 0.0229. The van der Waals surface area contributed by atoms with E-state index in [1.165, 1.54) is 27.0 Å². The van der Waals surface area contributed by atoms with Gasteiger partial charge in [0, 0.05) is 11.3 Å². The fourth-order valence-corrected chi connectivity index (χ4v) is 5.12. The minimum Gasteiger partial charge on any atom is -0.383 e. The first-order valence-corrected chi connectivity index (χ1v) is 11.1. The molecule has 1 aliphatic rings. The molecular weight excluding hydrogens is 424 g/mol. The molecule has 158 valence electrons. The van der Waals surface area contributed by atoms with Crippen molar-refractivity contribution in [3.05, 3.63) is 33.7 Å². The Morgan fingerprint density at radius 1 is 1.45 bits per heavy atom. The van der Waals surface area contributed by atoms with Crippen LogP contribution in [0.15, 0.2) is 14.8 Å². The molecule has 12 heteroatoms. The Labute approximate surface area is 170 Å². The number of pyridine rings is 1. The third-order valence-corrected chi connectivity index (χ3v) is 7.65. The van der Waals surface area contributed by atoms with E-state index in [4.69, 9.17) is 5.14 Å². The number of aryl methyl sites for hydroxylation is 1. The fraction of sp³-hybridized carbons (Fsp3) is 0.471. The number of alkyl halides is 2. The van der Waals surface area contributed by atoms with E-state index in [0.29, 0.717) is 24.1 Å². The summed E-state index contributed by atoms with van der Waals surface area (Å²) in [5.74, 6) is 0. The molecule has 8 nitrogen and oxygen atoms in total. The van der Waals surface area contributed by atoms with Crippen LogP contribution in [0.4, 0.5) is 19.3 Å². The van der Waals surface area contributed by atoms with E-state index in [2.05, 4.69) is 19.6 Å². The van der Waals surface area contributed by atoms with E-state index in [1.807, 2.05) is 0 Å². The molecule has 1 aliphatic carbocycles. The Morgan fingerprint density at radius 2 is 2.14 bits per heavy atom. The number of nitrogens with one attached hydrogen (secondary N) is 1. The molecule has 4 N–H and O–H groups in total. The van der Waals surface area contributed by atoms with Gasteiger partial charge in [-0.1, -0.05) is 0 Å². The van der Waals surface area contributed by atoms with Gasteiger partial charge in [0.15, 0.2) is 9.92 Å². The second-order valence-corrected chi connectivity index (χ2v) is 10.3. The third kappa shape index (κ3) is 4.44. The zero-order valence-electron chi connectivity index (χ0n) is 16.0. The Morgan fingerprint density at radius 3 is 2.72 bits per heavy atom. The van der Waals surface area contributed by atoms with Crippen molar-refractivity contribution >= 4 is 33.0 Å². The number of aliphatic hydroxyl groups is 1. The van der Waals surface area contributed by atoms with Gasteiger partial charge >= 0.3 is 6.03 Å². The van der Waals surface area contributed by atoms with Crippen molar-refractivity contribution < 1.29 is 22.9 Å². The number of carbonyl (C=O) groups excluding carboxylic acids is 1. The molecule has 0 radical (unpaired) electrons. The third-order valence-electron chi connectivity index (χ3n) is 4.46. The molecule has 2 aromatic heterocycles. The van der Waals surface area contributed by atoms with Crippen molar-refractivity contribution in [2.24, 2.45) is 9.50 Å². The van der Waals surface area contributed by atoms with Crippen LogP contribution in [0, 0.1) is 6.92 Å². The normalized spacial score (nSPS) is 15.9. The molecule has 2 aromatic rings. The summed E-state index contributed by atoms with van der Waals surface area (Å²) in [6, 6.07) is -1.01. The van der Waals surface area contributed by atoms with E-state index in [1.54, 1.807) is 0 Å². The van der Waals surface area contributed by atoms with Gasteiger partial charge in [-0.05, 0) is 45.6 Å². The highest BCUT2D eigenvalue weighted by Crippen LogP contribution is 2.35. The summed E-state index contributed by atoms with van der Waals surface area (Å²) in [6.45, 7) is 4.46. The molecule has 2 amide bonds. The first-order chi connectivity index (χ1) is 13.4. The van der Waals surface area contributed by atoms with Gasteiger partial charge in [0.05, 0.1) is 11.9 Å². The summed E-state index contributed by atoms with van der Waals surface area (Å²) < 4.78 is 42.9. The van der Waals surface area contributed by atoms with Crippen molar-refractivity contribution in [2.45, 2.75) is 56.3 Å². The van der Waals surface area contributed by atoms with Crippen LogP contribution < -0.4 is 10.5 Å². The van der Waals surface area contributed by atoms with Gasteiger partial charge in [0.1, 0.15) is 20.5 Å². The molecule has 0 unspecified atom stereocenters. The maximum Gasteiger partial charge on any atom is 0.354 e. The van der Waals surface area contributed by atoms with Gasteiger partial charge < -0.3 is 10.4 Å². The number of carbonyl (C=O) groups is 1. The maximum atomic E-state index is 13.3. The van der Waals surface area contributed by atoms with Crippen molar-refractivity contribution in [1.29, 1.82) is 0 Å². The van der Waals surface area contributed by atoms with E-state index >= 15 is 0 Å². The number of rotatable bonds is 4. The molecule has 0 aromatic carbocycles. The average Bonchev–Trinajstić information content (AvgIpc) is 3.25. The molecule has 0 fully saturated rings. The number of thiazole rings is 1. The van der Waals surface area contributed by atoms with Gasteiger partial charge in [-0.3, -0.25) is 4.98 Å². The number of hydrogen-bond donors (Lipinski definition) is 3. The smallest absolute Gasteiger partial charge is 0.354 e. The Kier molecular flexibility index (Phi) is 5.73. The molecule has 1 atom stereocenters. The predicted molar refractivity (Wildman–Crippen MR) is 105 cm³/mol. The highest BCUT2D eigenvalue weighted by Gasteiger charge is 2.27. The summed E-state index contributed by atoms with van der Waals surface area (Å²) in [6.07, 6.45) is 0.280. The van der Waals surface area contributed by atoms with Crippen LogP contribution in [0.25, 0.3) is 0 Å². The zero-order valence-corrected chi connectivity index (χ0v) is 17.7. The molecule has 3 rings (SSSR count). The highest BCUT2D eigenvalue weighted by atomic mass is 32.2. The summed E-state index contributed by atoms with van der Waals surface area (Å²) >= 11 is 0.880. The van der Waals surface area contributed by atoms with Gasteiger partial charge in [-0.2, -0.15) is 0 Å². The lowest BCUT2D eigenvalue weighted by Gasteiger charge is -2.15. The quantitative estimate of drug-likeness (QED) is 0.664. The zero-order chi connectivity index (χ0) is 21.6. The lowest BCUT2D eigenvalue weighted by Crippen LogP contribution is -2.18. The van der Waals surface area contributed by atoms with Crippen molar-refractivity contribution in [3.8, 4) is 0 Å². The van der Waals surface area contributed by atoms with Crippen LogP contribution in [0.5, 0.6) is 0 Å². The summed E-state index contributed by atoms with van der Waals surface area (Å²) in [5, 5.41) is 18.4. The van der Waals surface area contributed by atoms with Crippen LogP contribution in [-0.4, -0.2) is 25.3 Å². The molecular formula is C17H21F2N5O3S2. The van der Waals surface area contributed by atoms with E-state index in [9.17, 15) is 22.9 Å². The lowest BCUT2D eigenvalue weighted by molar-refractivity contribution is 0.0783. The summed E-state index contributed by atoms with van der Waals surface area (Å²) in [4.78, 5) is 20.4. The molecule has 0 saturated carbocycles. The van der Waals surface area contributed by atoms with E-state index in [0.717, 1.165) is 17.8 Å². The van der Waals surface area contributed by atoms with E-state index in [-0.39, 0.29) is 20.5 Å². The van der Waals surface area contributed by atoms with Gasteiger partial charge in [0.2, 0.25) is 0 Å². The van der Waals surface area contributed by atoms with Crippen molar-refractivity contribution in [1.82, 2.24) is 9.97 Å². The molecule has 2 heterocycles. The first-order valence-electron chi connectivity index (χ1n) is 8.75. The number of halogens is 2. The molecule has 0 saturated heterocycles. The molecule has 0 aliphatic heterocycles. The van der Waals surface area contributed by atoms with Crippen LogP contribution in [0.1, 0.15) is 54.2 Å². The standard InChI is InChI=1S/C17H21F2N5O3S2/c1-8-12(9-5-4-6-10(9)22-13(8)14(18)19)23-16(25)24-29(20,27)11-7-21-15(28-11)17(2,3)26/h7,14,26H,4-6H2,1-3H3,(H3,20,22,23,24,25,27)/t29-/m1/s1. The van der Waals surface area contributed by atoms with Crippen molar-refractivity contribution in [3.63, 3.8) is 0 Å². The van der Waals surface area contributed by atoms with Crippen LogP contribution in [0.3, 0.4) is 0 Å². The number of hydrogen-bond acceptors (Lipinski definition) is 6. The minimum atomic E-state index is -3.63. The molecule has 29 heavy (non-hydrogen) atoms. The first kappa shape index (κ1) is 21.7. The van der Waals surface area contributed by atoms with Gasteiger partial charge in [-0.15, -0.1) is 15.7 Å². The number of amides is 2. The topological polar surface area (TPSA) is 131 Å². The average molecular weight is 446 g/mol.